The third kappa shape index (κ3) is 2.76. The monoisotopic (exact) mass is 211 g/mol. The van der Waals surface area contributed by atoms with Crippen molar-refractivity contribution in [3.8, 4) is 0 Å². The highest BCUT2D eigenvalue weighted by atomic mass is 16.5. The van der Waals surface area contributed by atoms with Crippen molar-refractivity contribution in [2.24, 2.45) is 0 Å². The Morgan fingerprint density at radius 3 is 2.93 bits per heavy atom. The molecule has 1 aromatic rings. The summed E-state index contributed by atoms with van der Waals surface area (Å²) in [5.74, 6) is 2.05. The molecule has 1 saturated carbocycles. The first-order valence-corrected chi connectivity index (χ1v) is 5.49. The number of rotatable bonds is 6. The third-order valence-electron chi connectivity index (χ3n) is 2.65. The molecule has 0 aliphatic heterocycles. The molecule has 0 amide bonds. The van der Waals surface area contributed by atoms with E-state index in [1.54, 1.807) is 0 Å². The second-order valence-electron chi connectivity index (χ2n) is 3.91. The number of hydrogen-bond donors (Lipinski definition) is 1. The molecule has 1 heterocycles. The molecule has 0 spiro atoms. The van der Waals surface area contributed by atoms with Gasteiger partial charge >= 0.3 is 0 Å². The van der Waals surface area contributed by atoms with Crippen molar-refractivity contribution in [1.82, 2.24) is 15.0 Å². The molecule has 0 radical (unpaired) electrons. The number of hydrogen-bond acceptors (Lipinski definition) is 5. The van der Waals surface area contributed by atoms with Crippen molar-refractivity contribution in [3.05, 3.63) is 11.7 Å². The Morgan fingerprint density at radius 1 is 1.53 bits per heavy atom. The molecule has 0 unspecified atom stereocenters. The van der Waals surface area contributed by atoms with Gasteiger partial charge in [0.2, 0.25) is 5.89 Å². The van der Waals surface area contributed by atoms with Gasteiger partial charge in [-0.05, 0) is 19.4 Å². The van der Waals surface area contributed by atoms with Gasteiger partial charge in [-0.2, -0.15) is 4.98 Å². The summed E-state index contributed by atoms with van der Waals surface area (Å²) < 4.78 is 5.16. The van der Waals surface area contributed by atoms with Crippen LogP contribution in [0.5, 0.6) is 0 Å². The smallest absolute Gasteiger partial charge is 0.240 e. The van der Waals surface area contributed by atoms with Crippen LogP contribution >= 0.6 is 0 Å². The van der Waals surface area contributed by atoms with E-state index in [9.17, 15) is 0 Å². The molecule has 0 bridgehead atoms. The molecular formula is C10H17N3O2. The highest BCUT2D eigenvalue weighted by Gasteiger charge is 2.28. The van der Waals surface area contributed by atoms with E-state index in [4.69, 9.17) is 9.63 Å². The summed E-state index contributed by atoms with van der Waals surface area (Å²) in [4.78, 5) is 6.41. The lowest BCUT2D eigenvalue weighted by Crippen LogP contribution is -2.26. The molecule has 1 aromatic heterocycles. The number of aliphatic hydroxyl groups is 1. The van der Waals surface area contributed by atoms with E-state index in [1.807, 2.05) is 6.92 Å². The number of aromatic nitrogens is 2. The zero-order chi connectivity index (χ0) is 10.7. The Labute approximate surface area is 89.1 Å². The number of nitrogens with zero attached hydrogens (tertiary/aromatic N) is 3. The van der Waals surface area contributed by atoms with Crippen molar-refractivity contribution in [2.75, 3.05) is 19.7 Å². The first-order valence-electron chi connectivity index (χ1n) is 5.49. The van der Waals surface area contributed by atoms with E-state index in [2.05, 4.69) is 15.0 Å². The average Bonchev–Trinajstić information content (AvgIpc) is 2.99. The Balaban J connectivity index is 1.90. The summed E-state index contributed by atoms with van der Waals surface area (Å²) in [6, 6.07) is 0. The molecule has 84 valence electrons. The van der Waals surface area contributed by atoms with Gasteiger partial charge in [0.25, 0.3) is 0 Å². The van der Waals surface area contributed by atoms with E-state index < -0.39 is 0 Å². The van der Waals surface area contributed by atoms with E-state index in [-0.39, 0.29) is 6.61 Å². The van der Waals surface area contributed by atoms with Crippen LogP contribution in [0.15, 0.2) is 4.52 Å². The molecule has 0 atom stereocenters. The summed E-state index contributed by atoms with van der Waals surface area (Å²) in [7, 11) is 0. The minimum atomic E-state index is 0.164. The van der Waals surface area contributed by atoms with Crippen molar-refractivity contribution < 1.29 is 9.63 Å². The fraction of sp³-hybridized carbons (Fsp3) is 0.800. The average molecular weight is 211 g/mol. The zero-order valence-corrected chi connectivity index (χ0v) is 9.02. The van der Waals surface area contributed by atoms with Crippen LogP contribution in [-0.2, 0) is 6.54 Å². The van der Waals surface area contributed by atoms with Crippen molar-refractivity contribution >= 4 is 0 Å². The first kappa shape index (κ1) is 10.6. The lowest BCUT2D eigenvalue weighted by atomic mass is 10.4. The molecule has 1 fully saturated rings. The van der Waals surface area contributed by atoms with E-state index in [0.717, 1.165) is 12.4 Å². The third-order valence-corrected chi connectivity index (χ3v) is 2.65. The highest BCUT2D eigenvalue weighted by molar-refractivity contribution is 5.03. The summed E-state index contributed by atoms with van der Waals surface area (Å²) in [6.07, 6.45) is 2.38. The zero-order valence-electron chi connectivity index (χ0n) is 9.02. The van der Waals surface area contributed by atoms with Gasteiger partial charge in [0.15, 0.2) is 5.82 Å². The maximum atomic E-state index is 8.84. The van der Waals surface area contributed by atoms with Gasteiger partial charge in [-0.3, -0.25) is 4.90 Å². The Hall–Kier alpha value is -0.940. The number of likely N-dealkylation sites (N-methyl/N-ethyl adjacent to an activating group) is 1. The summed E-state index contributed by atoms with van der Waals surface area (Å²) >= 11 is 0. The van der Waals surface area contributed by atoms with Crippen molar-refractivity contribution in [2.45, 2.75) is 32.2 Å². The fourth-order valence-electron chi connectivity index (χ4n) is 1.52. The van der Waals surface area contributed by atoms with Crippen LogP contribution in [0.25, 0.3) is 0 Å². The first-order chi connectivity index (χ1) is 7.33. The van der Waals surface area contributed by atoms with Gasteiger partial charge in [0.05, 0.1) is 13.2 Å². The quantitative estimate of drug-likeness (QED) is 0.752. The maximum absolute atomic E-state index is 8.84. The second kappa shape index (κ2) is 4.72. The SMILES string of the molecule is CCN(CCO)Cc1nc(C2CC2)no1. The van der Waals surface area contributed by atoms with E-state index >= 15 is 0 Å². The van der Waals surface area contributed by atoms with Crippen LogP contribution in [0, 0.1) is 0 Å². The second-order valence-corrected chi connectivity index (χ2v) is 3.91. The molecule has 1 aliphatic rings. The minimum absolute atomic E-state index is 0.164. The molecule has 1 aliphatic carbocycles. The van der Waals surface area contributed by atoms with Gasteiger partial charge in [0, 0.05) is 12.5 Å². The Morgan fingerprint density at radius 2 is 2.33 bits per heavy atom. The fourth-order valence-corrected chi connectivity index (χ4v) is 1.52. The summed E-state index contributed by atoms with van der Waals surface area (Å²) in [5.41, 5.74) is 0. The lowest BCUT2D eigenvalue weighted by Gasteiger charge is -2.15. The lowest BCUT2D eigenvalue weighted by molar-refractivity contribution is 0.180. The van der Waals surface area contributed by atoms with Crippen molar-refractivity contribution in [3.63, 3.8) is 0 Å². The van der Waals surface area contributed by atoms with Crippen LogP contribution in [0.1, 0.15) is 37.4 Å². The van der Waals surface area contributed by atoms with Gasteiger partial charge in [0.1, 0.15) is 0 Å². The topological polar surface area (TPSA) is 62.4 Å². The molecule has 0 aromatic carbocycles. The van der Waals surface area contributed by atoms with E-state index in [1.165, 1.54) is 12.8 Å². The number of aliphatic hydroxyl groups excluding tert-OH is 1. The van der Waals surface area contributed by atoms with Crippen LogP contribution in [0.2, 0.25) is 0 Å². The van der Waals surface area contributed by atoms with Gasteiger partial charge in [-0.1, -0.05) is 12.1 Å². The van der Waals surface area contributed by atoms with Crippen LogP contribution in [-0.4, -0.2) is 39.8 Å². The maximum Gasteiger partial charge on any atom is 0.240 e. The Bertz CT molecular complexity index is 309. The molecule has 2 rings (SSSR count). The van der Waals surface area contributed by atoms with E-state index in [0.29, 0.717) is 24.9 Å². The van der Waals surface area contributed by atoms with Gasteiger partial charge in [-0.25, -0.2) is 0 Å². The van der Waals surface area contributed by atoms with Crippen LogP contribution in [0.4, 0.5) is 0 Å². The Kier molecular flexibility index (Phi) is 3.33. The summed E-state index contributed by atoms with van der Waals surface area (Å²) in [6.45, 7) is 4.38. The highest BCUT2D eigenvalue weighted by Crippen LogP contribution is 2.38. The summed E-state index contributed by atoms with van der Waals surface area (Å²) in [5, 5.41) is 12.8. The molecule has 15 heavy (non-hydrogen) atoms. The minimum Gasteiger partial charge on any atom is -0.395 e. The predicted molar refractivity (Wildman–Crippen MR) is 54.3 cm³/mol. The molecule has 5 nitrogen and oxygen atoms in total. The van der Waals surface area contributed by atoms with Gasteiger partial charge in [-0.15, -0.1) is 0 Å². The molecule has 0 saturated heterocycles. The van der Waals surface area contributed by atoms with Gasteiger partial charge < -0.3 is 9.63 Å². The van der Waals surface area contributed by atoms with Crippen LogP contribution < -0.4 is 0 Å². The molecule has 5 heteroatoms. The van der Waals surface area contributed by atoms with Crippen molar-refractivity contribution in [1.29, 1.82) is 0 Å². The predicted octanol–water partition coefficient (Wildman–Crippen LogP) is 0.761. The van der Waals surface area contributed by atoms with Crippen LogP contribution in [0.3, 0.4) is 0 Å². The molecule has 1 N–H and O–H groups in total. The normalized spacial score (nSPS) is 16.2. The molecular weight excluding hydrogens is 194 g/mol. The largest absolute Gasteiger partial charge is 0.395 e. The standard InChI is InChI=1S/C10H17N3O2/c1-2-13(5-6-14)7-9-11-10(12-15-9)8-3-4-8/h8,14H,2-7H2,1H3.